The zero-order valence-corrected chi connectivity index (χ0v) is 12.5. The molecule has 17 heavy (non-hydrogen) atoms. The van der Waals surface area contributed by atoms with Crippen molar-refractivity contribution in [2.45, 2.75) is 24.9 Å². The van der Waals surface area contributed by atoms with Crippen LogP contribution in [0.4, 0.5) is 0 Å². The first-order chi connectivity index (χ1) is 7.90. The molecule has 1 aromatic rings. The summed E-state index contributed by atoms with van der Waals surface area (Å²) < 4.78 is 28.0. The predicted molar refractivity (Wildman–Crippen MR) is 70.8 cm³/mol. The van der Waals surface area contributed by atoms with Crippen LogP contribution in [0.2, 0.25) is 0 Å². The van der Waals surface area contributed by atoms with Gasteiger partial charge in [0.2, 0.25) is 0 Å². The molecule has 6 nitrogen and oxygen atoms in total. The molecule has 0 aliphatic rings. The van der Waals surface area contributed by atoms with Gasteiger partial charge in [-0.3, -0.25) is 0 Å². The Labute approximate surface area is 109 Å². The predicted octanol–water partition coefficient (Wildman–Crippen LogP) is 1.05. The van der Waals surface area contributed by atoms with Gasteiger partial charge in [0, 0.05) is 0 Å². The van der Waals surface area contributed by atoms with Crippen molar-refractivity contribution >= 4 is 37.9 Å². The Bertz CT molecular complexity index is 501. The molecule has 1 N–H and O–H groups in total. The molecule has 1 heterocycles. The lowest BCUT2D eigenvalue weighted by Crippen LogP contribution is -2.20. The van der Waals surface area contributed by atoms with Crippen LogP contribution < -0.4 is 5.10 Å². The summed E-state index contributed by atoms with van der Waals surface area (Å²) in [6.45, 7) is 3.80. The van der Waals surface area contributed by atoms with E-state index in [0.717, 1.165) is 0 Å². The van der Waals surface area contributed by atoms with Crippen molar-refractivity contribution < 1.29 is 13.5 Å². The lowest BCUT2D eigenvalue weighted by Gasteiger charge is -1.95. The monoisotopic (exact) mass is 295 g/mol. The number of thioether (sulfide) groups is 2. The maximum absolute atomic E-state index is 11.9. The van der Waals surface area contributed by atoms with Crippen LogP contribution in [0.25, 0.3) is 0 Å². The Morgan fingerprint density at radius 2 is 2.06 bits per heavy atom. The fraction of sp³-hybridized carbons (Fsp3) is 0.625. The van der Waals surface area contributed by atoms with Crippen molar-refractivity contribution in [3.8, 4) is 0 Å². The third-order valence-electron chi connectivity index (χ3n) is 1.82. The first kappa shape index (κ1) is 14.5. The van der Waals surface area contributed by atoms with E-state index >= 15 is 0 Å². The van der Waals surface area contributed by atoms with Gasteiger partial charge in [-0.2, -0.15) is 13.5 Å². The van der Waals surface area contributed by atoms with Gasteiger partial charge in [-0.25, -0.2) is 0 Å². The summed E-state index contributed by atoms with van der Waals surface area (Å²) in [5.74, 6) is 0. The molecule has 9 heteroatoms. The van der Waals surface area contributed by atoms with Gasteiger partial charge in [0.25, 0.3) is 0 Å². The van der Waals surface area contributed by atoms with E-state index in [1.165, 1.54) is 34.5 Å². The lowest BCUT2D eigenvalue weighted by atomic mass is 10.4. The van der Waals surface area contributed by atoms with Gasteiger partial charge in [0.1, 0.15) is 10.4 Å². The minimum Gasteiger partial charge on any atom is -0.195 e. The summed E-state index contributed by atoms with van der Waals surface area (Å²) in [4.78, 5) is 1.47. The summed E-state index contributed by atoms with van der Waals surface area (Å²) in [6.07, 6.45) is 4.91. The number of H-pyrrole nitrogens is 1. The van der Waals surface area contributed by atoms with Crippen molar-refractivity contribution in [2.24, 2.45) is 4.40 Å². The van der Waals surface area contributed by atoms with Crippen LogP contribution in [0.3, 0.4) is 0 Å². The minimum absolute atomic E-state index is 0.0631. The number of nitrogens with zero attached hydrogens (tertiary/aromatic N) is 3. The number of hydrogen-bond donors (Lipinski definition) is 0. The number of hydrogen-bond acceptors (Lipinski definition) is 5. The van der Waals surface area contributed by atoms with Crippen LogP contribution in [0.15, 0.2) is 15.6 Å². The quantitative estimate of drug-likeness (QED) is 0.615. The summed E-state index contributed by atoms with van der Waals surface area (Å²) in [5, 5.41) is 6.65. The average Bonchev–Trinajstić information content (AvgIpc) is 2.75. The molecule has 0 aliphatic carbocycles. The Morgan fingerprint density at radius 1 is 1.47 bits per heavy atom. The second-order valence-corrected chi connectivity index (χ2v) is 6.79. The summed E-state index contributed by atoms with van der Waals surface area (Å²) in [5.41, 5.74) is 0. The van der Waals surface area contributed by atoms with Crippen molar-refractivity contribution in [1.82, 2.24) is 9.90 Å². The van der Waals surface area contributed by atoms with Crippen molar-refractivity contribution in [3.63, 3.8) is 0 Å². The summed E-state index contributed by atoms with van der Waals surface area (Å²) in [6, 6.07) is 0.0727. The lowest BCUT2D eigenvalue weighted by molar-refractivity contribution is -0.501. The van der Waals surface area contributed by atoms with Gasteiger partial charge in [0.05, 0.1) is 5.10 Å². The molecule has 96 valence electrons. The van der Waals surface area contributed by atoms with E-state index in [0.29, 0.717) is 4.38 Å². The zero-order valence-electron chi connectivity index (χ0n) is 10.0. The van der Waals surface area contributed by atoms with E-state index in [2.05, 4.69) is 14.6 Å². The fourth-order valence-corrected chi connectivity index (χ4v) is 3.51. The van der Waals surface area contributed by atoms with E-state index < -0.39 is 10.0 Å². The molecule has 0 unspecified atom stereocenters. The van der Waals surface area contributed by atoms with Crippen LogP contribution in [0, 0.1) is 0 Å². The molecule has 0 aliphatic heterocycles. The smallest absolute Gasteiger partial charge is 0.195 e. The first-order valence-corrected chi connectivity index (χ1v) is 8.70. The molecule has 0 spiro atoms. The van der Waals surface area contributed by atoms with Crippen LogP contribution in [0.5, 0.6) is 0 Å². The Balaban J connectivity index is 3.09. The highest BCUT2D eigenvalue weighted by Gasteiger charge is 2.26. The Morgan fingerprint density at radius 3 is 2.47 bits per heavy atom. The third kappa shape index (κ3) is 3.71. The third-order valence-corrected chi connectivity index (χ3v) is 5.09. The average molecular weight is 295 g/mol. The molecule has 1 rings (SSSR count). The Kier molecular flexibility index (Phi) is 5.02. The van der Waals surface area contributed by atoms with E-state index in [9.17, 15) is 8.42 Å². The topological polar surface area (TPSA) is 78.5 Å². The number of sulfonamides is 1. The van der Waals surface area contributed by atoms with Crippen molar-refractivity contribution in [3.05, 3.63) is 6.20 Å². The number of aromatic amines is 1. The van der Waals surface area contributed by atoms with Crippen LogP contribution in [-0.2, 0) is 10.0 Å². The van der Waals surface area contributed by atoms with Gasteiger partial charge in [-0.1, -0.05) is 0 Å². The van der Waals surface area contributed by atoms with Crippen molar-refractivity contribution in [1.29, 1.82) is 0 Å². The highest BCUT2D eigenvalue weighted by molar-refractivity contribution is 8.38. The molecule has 0 fully saturated rings. The van der Waals surface area contributed by atoms with Gasteiger partial charge >= 0.3 is 15.0 Å². The SMILES string of the molecule is CSC(=NS(=O)(=O)c1c[nH+]n(C(C)C)n1)SC. The molecule has 0 saturated carbocycles. The molecular formula is C8H15N4O2S3+. The highest BCUT2D eigenvalue weighted by atomic mass is 32.2. The van der Waals surface area contributed by atoms with Gasteiger partial charge in [-0.15, -0.1) is 27.9 Å². The second-order valence-electron chi connectivity index (χ2n) is 3.39. The molecule has 0 amide bonds. The second kappa shape index (κ2) is 5.87. The van der Waals surface area contributed by atoms with Gasteiger partial charge in [-0.05, 0) is 31.2 Å². The van der Waals surface area contributed by atoms with Crippen LogP contribution >= 0.6 is 23.5 Å². The standard InChI is InChI=1S/C8H14N4O2S3/c1-6(2)12-9-5-7(10-12)17(13,14)11-8(15-3)16-4/h5-6H,1-4H3/p+1. The largest absolute Gasteiger partial charge is 0.353 e. The molecule has 0 radical (unpaired) electrons. The summed E-state index contributed by atoms with van der Waals surface area (Å²) >= 11 is 2.59. The molecule has 0 aromatic carbocycles. The fourth-order valence-electron chi connectivity index (χ4n) is 0.979. The van der Waals surface area contributed by atoms with Crippen LogP contribution in [-0.4, -0.2) is 35.2 Å². The van der Waals surface area contributed by atoms with Crippen molar-refractivity contribution in [2.75, 3.05) is 12.5 Å². The molecule has 0 bridgehead atoms. The maximum Gasteiger partial charge on any atom is 0.353 e. The molecular weight excluding hydrogens is 280 g/mol. The number of nitrogens with one attached hydrogen (secondary N) is 1. The van der Waals surface area contributed by atoms with E-state index in [1.54, 1.807) is 12.5 Å². The van der Waals surface area contributed by atoms with Gasteiger partial charge in [0.15, 0.2) is 6.20 Å². The maximum atomic E-state index is 11.9. The minimum atomic E-state index is -3.71. The first-order valence-electron chi connectivity index (χ1n) is 4.81. The molecule has 0 saturated heterocycles. The van der Waals surface area contributed by atoms with Gasteiger partial charge < -0.3 is 0 Å². The number of rotatable bonds is 3. The zero-order chi connectivity index (χ0) is 13.1. The van der Waals surface area contributed by atoms with E-state index in [4.69, 9.17) is 0 Å². The normalized spacial score (nSPS) is 11.8. The molecule has 0 atom stereocenters. The molecule has 1 aromatic heterocycles. The van der Waals surface area contributed by atoms with E-state index in [1.807, 2.05) is 13.8 Å². The number of aromatic nitrogens is 3. The summed E-state index contributed by atoms with van der Waals surface area (Å²) in [7, 11) is -3.71. The Hall–Kier alpha value is -0.540. The highest BCUT2D eigenvalue weighted by Crippen LogP contribution is 2.16. The van der Waals surface area contributed by atoms with E-state index in [-0.39, 0.29) is 11.1 Å². The van der Waals surface area contributed by atoms with Crippen LogP contribution in [0.1, 0.15) is 19.9 Å².